The maximum atomic E-state index is 12.3. The van der Waals surface area contributed by atoms with E-state index in [9.17, 15) is 9.59 Å². The third kappa shape index (κ3) is 5.74. The van der Waals surface area contributed by atoms with Crippen LogP contribution in [0.3, 0.4) is 0 Å². The van der Waals surface area contributed by atoms with Gasteiger partial charge in [-0.25, -0.2) is 0 Å². The average molecular weight is 369 g/mol. The van der Waals surface area contributed by atoms with Crippen molar-refractivity contribution in [1.29, 1.82) is 0 Å². The zero-order valence-corrected chi connectivity index (χ0v) is 16.5. The highest BCUT2D eigenvalue weighted by molar-refractivity contribution is 5.90. The van der Waals surface area contributed by atoms with Crippen molar-refractivity contribution >= 4 is 23.2 Å². The second-order valence-electron chi connectivity index (χ2n) is 6.58. The summed E-state index contributed by atoms with van der Waals surface area (Å²) < 4.78 is 5.31. The van der Waals surface area contributed by atoms with Gasteiger partial charge >= 0.3 is 0 Å². The summed E-state index contributed by atoms with van der Waals surface area (Å²) in [5, 5.41) is 8.76. The molecule has 3 N–H and O–H groups in total. The van der Waals surface area contributed by atoms with Crippen LogP contribution in [0.15, 0.2) is 36.4 Å². The Bertz CT molecular complexity index is 833. The van der Waals surface area contributed by atoms with Gasteiger partial charge in [0.15, 0.2) is 0 Å². The molecule has 0 aliphatic heterocycles. The Morgan fingerprint density at radius 1 is 1.07 bits per heavy atom. The van der Waals surface area contributed by atoms with Crippen LogP contribution < -0.4 is 20.7 Å². The zero-order valence-electron chi connectivity index (χ0n) is 16.5. The summed E-state index contributed by atoms with van der Waals surface area (Å²) in [5.41, 5.74) is 4.76. The van der Waals surface area contributed by atoms with E-state index in [1.807, 2.05) is 13.0 Å². The summed E-state index contributed by atoms with van der Waals surface area (Å²) in [6.07, 6.45) is 0. The van der Waals surface area contributed by atoms with Crippen LogP contribution in [-0.2, 0) is 9.59 Å². The molecular weight excluding hydrogens is 342 g/mol. The minimum Gasteiger partial charge on any atom is -0.495 e. The molecule has 144 valence electrons. The molecule has 0 saturated carbocycles. The van der Waals surface area contributed by atoms with Crippen LogP contribution in [0.1, 0.15) is 36.6 Å². The van der Waals surface area contributed by atoms with E-state index in [1.165, 1.54) is 18.1 Å². The Morgan fingerprint density at radius 2 is 1.81 bits per heavy atom. The van der Waals surface area contributed by atoms with Crippen molar-refractivity contribution in [2.75, 3.05) is 24.3 Å². The fraction of sp³-hybridized carbons (Fsp3) is 0.333. The van der Waals surface area contributed by atoms with Crippen molar-refractivity contribution in [3.8, 4) is 5.75 Å². The highest BCUT2D eigenvalue weighted by Crippen LogP contribution is 2.27. The Balaban J connectivity index is 1.99. The molecule has 1 atom stereocenters. The first-order chi connectivity index (χ1) is 12.8. The number of amides is 2. The predicted molar refractivity (Wildman–Crippen MR) is 108 cm³/mol. The quantitative estimate of drug-likeness (QED) is 0.697. The highest BCUT2D eigenvalue weighted by Gasteiger charge is 2.12. The van der Waals surface area contributed by atoms with Crippen LogP contribution in [0.5, 0.6) is 5.75 Å². The molecule has 6 nitrogen and oxygen atoms in total. The number of anilines is 2. The number of nitrogens with one attached hydrogen (secondary N) is 3. The molecule has 2 amide bonds. The van der Waals surface area contributed by atoms with Gasteiger partial charge in [-0.05, 0) is 55.7 Å². The van der Waals surface area contributed by atoms with E-state index in [4.69, 9.17) is 4.74 Å². The van der Waals surface area contributed by atoms with E-state index in [2.05, 4.69) is 41.9 Å². The lowest BCUT2D eigenvalue weighted by Crippen LogP contribution is -2.32. The first-order valence-electron chi connectivity index (χ1n) is 8.86. The van der Waals surface area contributed by atoms with Crippen molar-refractivity contribution in [2.45, 2.75) is 33.7 Å². The van der Waals surface area contributed by atoms with Crippen molar-refractivity contribution in [3.63, 3.8) is 0 Å². The fourth-order valence-corrected chi connectivity index (χ4v) is 2.71. The number of hydrogen-bond donors (Lipinski definition) is 3. The van der Waals surface area contributed by atoms with E-state index in [0.717, 1.165) is 5.56 Å². The van der Waals surface area contributed by atoms with Crippen LogP contribution >= 0.6 is 0 Å². The SMILES string of the molecule is COc1ccc(NC(C)=O)cc1NCC(=O)NC(C)c1ccc(C)c(C)c1. The van der Waals surface area contributed by atoms with Gasteiger partial charge in [-0.2, -0.15) is 0 Å². The largest absolute Gasteiger partial charge is 0.495 e. The second-order valence-corrected chi connectivity index (χ2v) is 6.58. The summed E-state index contributed by atoms with van der Waals surface area (Å²) in [4.78, 5) is 23.5. The monoisotopic (exact) mass is 369 g/mol. The van der Waals surface area contributed by atoms with Crippen LogP contribution in [0.2, 0.25) is 0 Å². The summed E-state index contributed by atoms with van der Waals surface area (Å²) in [6, 6.07) is 11.3. The van der Waals surface area contributed by atoms with Gasteiger partial charge in [-0.3, -0.25) is 9.59 Å². The molecule has 2 aromatic rings. The molecule has 1 unspecified atom stereocenters. The fourth-order valence-electron chi connectivity index (χ4n) is 2.71. The number of benzene rings is 2. The Hall–Kier alpha value is -3.02. The smallest absolute Gasteiger partial charge is 0.239 e. The second kappa shape index (κ2) is 9.07. The predicted octanol–water partition coefficient (Wildman–Crippen LogP) is 3.56. The topological polar surface area (TPSA) is 79.5 Å². The molecule has 27 heavy (non-hydrogen) atoms. The van der Waals surface area contributed by atoms with Crippen molar-refractivity contribution in [1.82, 2.24) is 5.32 Å². The lowest BCUT2D eigenvalue weighted by molar-refractivity contribution is -0.120. The Morgan fingerprint density at radius 3 is 2.44 bits per heavy atom. The first kappa shape index (κ1) is 20.3. The molecule has 6 heteroatoms. The third-order valence-corrected chi connectivity index (χ3v) is 4.37. The number of methoxy groups -OCH3 is 1. The van der Waals surface area contributed by atoms with Gasteiger partial charge < -0.3 is 20.7 Å². The number of carbonyl (C=O) groups is 2. The Labute approximate surface area is 160 Å². The van der Waals surface area contributed by atoms with Gasteiger partial charge in [0.05, 0.1) is 25.4 Å². The molecule has 2 rings (SSSR count). The van der Waals surface area contributed by atoms with Crippen molar-refractivity contribution in [3.05, 3.63) is 53.1 Å². The van der Waals surface area contributed by atoms with E-state index >= 15 is 0 Å². The van der Waals surface area contributed by atoms with Gasteiger partial charge in [-0.15, -0.1) is 0 Å². The molecule has 0 saturated heterocycles. The number of aryl methyl sites for hydroxylation is 2. The average Bonchev–Trinajstić information content (AvgIpc) is 2.61. The van der Waals surface area contributed by atoms with Crippen LogP contribution in [0, 0.1) is 13.8 Å². The van der Waals surface area contributed by atoms with Gasteiger partial charge in [0.2, 0.25) is 11.8 Å². The number of rotatable bonds is 7. The van der Waals surface area contributed by atoms with E-state index in [1.54, 1.807) is 25.3 Å². The van der Waals surface area contributed by atoms with Crippen molar-refractivity contribution in [2.24, 2.45) is 0 Å². The van der Waals surface area contributed by atoms with Gasteiger partial charge in [-0.1, -0.05) is 18.2 Å². The third-order valence-electron chi connectivity index (χ3n) is 4.37. The van der Waals surface area contributed by atoms with E-state index < -0.39 is 0 Å². The first-order valence-corrected chi connectivity index (χ1v) is 8.86. The number of ether oxygens (including phenoxy) is 1. The lowest BCUT2D eigenvalue weighted by atomic mass is 10.0. The lowest BCUT2D eigenvalue weighted by Gasteiger charge is -2.17. The molecule has 0 aliphatic carbocycles. The zero-order chi connectivity index (χ0) is 20.0. The normalized spacial score (nSPS) is 11.4. The Kier molecular flexibility index (Phi) is 6.82. The van der Waals surface area contributed by atoms with E-state index in [-0.39, 0.29) is 24.4 Å². The summed E-state index contributed by atoms with van der Waals surface area (Å²) in [5.74, 6) is 0.304. The maximum Gasteiger partial charge on any atom is 0.239 e. The van der Waals surface area contributed by atoms with Gasteiger partial charge in [0.1, 0.15) is 5.75 Å². The summed E-state index contributed by atoms with van der Waals surface area (Å²) in [6.45, 7) is 7.62. The van der Waals surface area contributed by atoms with Crippen molar-refractivity contribution < 1.29 is 14.3 Å². The molecule has 0 aromatic heterocycles. The molecule has 0 aliphatic rings. The molecular formula is C21H27N3O3. The van der Waals surface area contributed by atoms with Crippen LogP contribution in [0.4, 0.5) is 11.4 Å². The highest BCUT2D eigenvalue weighted by atomic mass is 16.5. The van der Waals surface area contributed by atoms with E-state index in [0.29, 0.717) is 17.1 Å². The van der Waals surface area contributed by atoms with Crippen LogP contribution in [-0.4, -0.2) is 25.5 Å². The molecule has 0 radical (unpaired) electrons. The minimum absolute atomic E-state index is 0.0915. The molecule has 0 heterocycles. The summed E-state index contributed by atoms with van der Waals surface area (Å²) in [7, 11) is 1.56. The van der Waals surface area contributed by atoms with Gasteiger partial charge in [0.25, 0.3) is 0 Å². The minimum atomic E-state index is -0.161. The van der Waals surface area contributed by atoms with Gasteiger partial charge in [0, 0.05) is 12.6 Å². The molecule has 0 bridgehead atoms. The number of carbonyl (C=O) groups excluding carboxylic acids is 2. The molecule has 0 spiro atoms. The molecule has 0 fully saturated rings. The maximum absolute atomic E-state index is 12.3. The standard InChI is InChI=1S/C21H27N3O3/c1-13-6-7-17(10-14(13)2)15(3)23-21(26)12-22-19-11-18(24-16(4)25)8-9-20(19)27-5/h6-11,15,22H,12H2,1-5H3,(H,23,26)(H,24,25). The molecule has 2 aromatic carbocycles. The number of hydrogen-bond acceptors (Lipinski definition) is 4. The van der Waals surface area contributed by atoms with Crippen LogP contribution in [0.25, 0.3) is 0 Å². The summed E-state index contributed by atoms with van der Waals surface area (Å²) >= 11 is 0.